The van der Waals surface area contributed by atoms with Crippen LogP contribution in [0.15, 0.2) is 41.6 Å². The second-order valence-corrected chi connectivity index (χ2v) is 3.29. The number of aromatic nitrogens is 1. The lowest BCUT2D eigenvalue weighted by Gasteiger charge is -2.06. The lowest BCUT2D eigenvalue weighted by Crippen LogP contribution is -1.93. The fourth-order valence-corrected chi connectivity index (χ4v) is 1.31. The van der Waals surface area contributed by atoms with E-state index in [1.54, 1.807) is 18.5 Å². The molecule has 0 N–H and O–H groups in total. The van der Waals surface area contributed by atoms with Gasteiger partial charge in [0.1, 0.15) is 0 Å². The summed E-state index contributed by atoms with van der Waals surface area (Å²) in [6, 6.07) is 3.96. The van der Waals surface area contributed by atoms with Crippen molar-refractivity contribution in [1.82, 2.24) is 4.98 Å². The van der Waals surface area contributed by atoms with Gasteiger partial charge in [-0.1, -0.05) is 18.7 Å². The smallest absolute Gasteiger partial charge is 0.0917 e. The van der Waals surface area contributed by atoms with Crippen LogP contribution in [0.25, 0.3) is 5.70 Å². The van der Waals surface area contributed by atoms with Crippen molar-refractivity contribution in [1.29, 1.82) is 0 Å². The zero-order valence-electron chi connectivity index (χ0n) is 9.49. The number of nitrogens with zero attached hydrogens (tertiary/aromatic N) is 2. The number of hydrogen-bond acceptors (Lipinski definition) is 2. The second kappa shape index (κ2) is 5.25. The van der Waals surface area contributed by atoms with Crippen molar-refractivity contribution in [2.45, 2.75) is 20.8 Å². The van der Waals surface area contributed by atoms with E-state index in [0.29, 0.717) is 0 Å². The molecule has 0 saturated heterocycles. The van der Waals surface area contributed by atoms with E-state index in [2.05, 4.69) is 16.6 Å². The van der Waals surface area contributed by atoms with Crippen LogP contribution in [-0.4, -0.2) is 11.2 Å². The molecule has 15 heavy (non-hydrogen) atoms. The van der Waals surface area contributed by atoms with Gasteiger partial charge < -0.3 is 0 Å². The first-order chi connectivity index (χ1) is 7.20. The average Bonchev–Trinajstić information content (AvgIpc) is 2.26. The average molecular weight is 200 g/mol. The lowest BCUT2D eigenvalue weighted by molar-refractivity contribution is 1.19. The van der Waals surface area contributed by atoms with Crippen LogP contribution < -0.4 is 0 Å². The summed E-state index contributed by atoms with van der Waals surface area (Å²) in [4.78, 5) is 8.69. The van der Waals surface area contributed by atoms with Crippen molar-refractivity contribution in [3.8, 4) is 0 Å². The molecule has 1 heterocycles. The van der Waals surface area contributed by atoms with Gasteiger partial charge in [-0.2, -0.15) is 0 Å². The molecule has 0 aliphatic rings. The maximum absolute atomic E-state index is 4.35. The van der Waals surface area contributed by atoms with Crippen LogP contribution in [0.3, 0.4) is 0 Å². The Morgan fingerprint density at radius 3 is 2.80 bits per heavy atom. The van der Waals surface area contributed by atoms with Gasteiger partial charge in [-0.25, -0.2) is 0 Å². The highest BCUT2D eigenvalue weighted by atomic mass is 14.8. The minimum atomic E-state index is 0.894. The molecule has 0 saturated carbocycles. The number of hydrogen-bond donors (Lipinski definition) is 0. The summed E-state index contributed by atoms with van der Waals surface area (Å²) < 4.78 is 0. The highest BCUT2D eigenvalue weighted by molar-refractivity contribution is 5.75. The van der Waals surface area contributed by atoms with Gasteiger partial charge >= 0.3 is 0 Å². The van der Waals surface area contributed by atoms with Crippen LogP contribution in [0, 0.1) is 6.92 Å². The summed E-state index contributed by atoms with van der Waals surface area (Å²) >= 11 is 0. The van der Waals surface area contributed by atoms with E-state index >= 15 is 0 Å². The van der Waals surface area contributed by atoms with Gasteiger partial charge in [0.2, 0.25) is 0 Å². The molecule has 2 heteroatoms. The fraction of sp³-hybridized carbons (Fsp3) is 0.231. The molecule has 78 valence electrons. The van der Waals surface area contributed by atoms with Crippen LogP contribution in [0.1, 0.15) is 25.1 Å². The lowest BCUT2D eigenvalue weighted by atomic mass is 10.1. The van der Waals surface area contributed by atoms with Crippen LogP contribution in [0.4, 0.5) is 0 Å². The Hall–Kier alpha value is -1.70. The predicted molar refractivity (Wildman–Crippen MR) is 65.9 cm³/mol. The van der Waals surface area contributed by atoms with Gasteiger partial charge in [0.05, 0.1) is 11.4 Å². The van der Waals surface area contributed by atoms with Crippen LogP contribution >= 0.6 is 0 Å². The van der Waals surface area contributed by atoms with E-state index < -0.39 is 0 Å². The van der Waals surface area contributed by atoms with Gasteiger partial charge in [-0.15, -0.1) is 0 Å². The summed E-state index contributed by atoms with van der Waals surface area (Å²) in [6.07, 6.45) is 5.36. The summed E-state index contributed by atoms with van der Waals surface area (Å²) in [5.74, 6) is 0. The maximum atomic E-state index is 4.35. The van der Waals surface area contributed by atoms with Crippen LogP contribution in [0.5, 0.6) is 0 Å². The fourth-order valence-electron chi connectivity index (χ4n) is 1.31. The zero-order valence-corrected chi connectivity index (χ0v) is 9.49. The van der Waals surface area contributed by atoms with Crippen molar-refractivity contribution in [2.24, 2.45) is 4.99 Å². The molecule has 1 aromatic rings. The number of aliphatic imine (C=N–C) groups is 1. The summed E-state index contributed by atoms with van der Waals surface area (Å²) in [5.41, 5.74) is 3.98. The Bertz CT molecular complexity index is 414. The third-order valence-electron chi connectivity index (χ3n) is 2.17. The van der Waals surface area contributed by atoms with Gasteiger partial charge in [0.15, 0.2) is 0 Å². The molecule has 0 aromatic carbocycles. The molecule has 0 aliphatic heterocycles. The van der Waals surface area contributed by atoms with E-state index in [-0.39, 0.29) is 0 Å². The van der Waals surface area contributed by atoms with E-state index in [1.807, 2.05) is 32.9 Å². The van der Waals surface area contributed by atoms with Crippen molar-refractivity contribution in [3.05, 3.63) is 47.8 Å². The van der Waals surface area contributed by atoms with E-state index in [1.165, 1.54) is 0 Å². The largest absolute Gasteiger partial charge is 0.259 e. The normalized spacial score (nSPS) is 12.7. The summed E-state index contributed by atoms with van der Waals surface area (Å²) in [7, 11) is 0. The van der Waals surface area contributed by atoms with E-state index in [4.69, 9.17) is 0 Å². The molecule has 0 unspecified atom stereocenters. The second-order valence-electron chi connectivity index (χ2n) is 3.29. The molecule has 0 fully saturated rings. The first-order valence-corrected chi connectivity index (χ1v) is 4.94. The number of pyridine rings is 1. The quantitative estimate of drug-likeness (QED) is 0.542. The van der Waals surface area contributed by atoms with Gasteiger partial charge in [0.25, 0.3) is 0 Å². The third-order valence-corrected chi connectivity index (χ3v) is 2.17. The summed E-state index contributed by atoms with van der Waals surface area (Å²) in [6.45, 7) is 9.68. The van der Waals surface area contributed by atoms with Crippen molar-refractivity contribution < 1.29 is 0 Å². The minimum absolute atomic E-state index is 0.894. The van der Waals surface area contributed by atoms with Crippen molar-refractivity contribution in [2.75, 3.05) is 0 Å². The van der Waals surface area contributed by atoms with Crippen molar-refractivity contribution in [3.63, 3.8) is 0 Å². The number of allylic oxidation sites excluding steroid dienone is 2. The Kier molecular flexibility index (Phi) is 3.98. The van der Waals surface area contributed by atoms with E-state index in [9.17, 15) is 0 Å². The molecule has 0 bridgehead atoms. The predicted octanol–water partition coefficient (Wildman–Crippen LogP) is 3.40. The van der Waals surface area contributed by atoms with Crippen LogP contribution in [0.2, 0.25) is 0 Å². The topological polar surface area (TPSA) is 25.2 Å². The molecule has 0 radical (unpaired) electrons. The first-order valence-electron chi connectivity index (χ1n) is 4.94. The molecule has 2 nitrogen and oxygen atoms in total. The van der Waals surface area contributed by atoms with Gasteiger partial charge in [-0.3, -0.25) is 9.98 Å². The third kappa shape index (κ3) is 2.62. The Balaban J connectivity index is 3.35. The highest BCUT2D eigenvalue weighted by Gasteiger charge is 2.06. The molecule has 0 spiro atoms. The molecule has 0 atom stereocenters. The number of aryl methyl sites for hydroxylation is 1. The minimum Gasteiger partial charge on any atom is -0.259 e. The van der Waals surface area contributed by atoms with Gasteiger partial charge in [0, 0.05) is 12.4 Å². The number of rotatable bonds is 3. The molecule has 0 aliphatic carbocycles. The summed E-state index contributed by atoms with van der Waals surface area (Å²) in [5, 5.41) is 0. The van der Waals surface area contributed by atoms with Crippen LogP contribution in [-0.2, 0) is 0 Å². The SMILES string of the molecule is C=C/C(C)=C(\N=C/C)c1ncccc1C. The van der Waals surface area contributed by atoms with Crippen molar-refractivity contribution >= 4 is 11.9 Å². The molecular formula is C13H16N2. The Morgan fingerprint density at radius 2 is 2.27 bits per heavy atom. The zero-order chi connectivity index (χ0) is 11.3. The maximum Gasteiger partial charge on any atom is 0.0917 e. The standard InChI is InChI=1S/C13H16N2/c1-5-10(3)12(14-6-2)13-11(4)8-7-9-15-13/h5-9H,1H2,2-4H3/b12-10-,14-6-. The molecule has 0 amide bonds. The molecule has 1 aromatic heterocycles. The monoisotopic (exact) mass is 200 g/mol. The molecular weight excluding hydrogens is 184 g/mol. The Morgan fingerprint density at radius 1 is 1.53 bits per heavy atom. The molecule has 1 rings (SSSR count). The highest BCUT2D eigenvalue weighted by Crippen LogP contribution is 2.21. The first kappa shape index (κ1) is 11.4. The Labute approximate surface area is 91.1 Å². The van der Waals surface area contributed by atoms with Gasteiger partial charge in [-0.05, 0) is 38.0 Å². The van der Waals surface area contributed by atoms with E-state index in [0.717, 1.165) is 22.5 Å².